The van der Waals surface area contributed by atoms with Gasteiger partial charge in [0, 0.05) is 43.7 Å². The standard InChI is InChI=1S/C23H23BrN6O2/c1-29(21(31)11-25)13-16-6-3-4-9-18(16)20-12-26-23(32-20)27-17-8-5-7-15(10-17)22-19(24)14-30(2)28-22/h3-10,12,14H,11,13,25H2,1-2H3,(H,26,27). The largest absolute Gasteiger partial charge is 0.423 e. The van der Waals surface area contributed by atoms with E-state index < -0.39 is 0 Å². The van der Waals surface area contributed by atoms with Gasteiger partial charge in [0.15, 0.2) is 5.76 Å². The van der Waals surface area contributed by atoms with E-state index in [1.807, 2.05) is 61.8 Å². The molecule has 2 heterocycles. The van der Waals surface area contributed by atoms with Crippen LogP contribution in [0.3, 0.4) is 0 Å². The van der Waals surface area contributed by atoms with Crippen molar-refractivity contribution in [2.24, 2.45) is 12.8 Å². The topological polar surface area (TPSA) is 102 Å². The van der Waals surface area contributed by atoms with Crippen LogP contribution in [0.2, 0.25) is 0 Å². The Hall–Kier alpha value is -3.43. The fourth-order valence-electron chi connectivity index (χ4n) is 3.38. The molecule has 0 fully saturated rings. The van der Waals surface area contributed by atoms with Gasteiger partial charge in [-0.3, -0.25) is 9.48 Å². The van der Waals surface area contributed by atoms with Gasteiger partial charge in [0.2, 0.25) is 5.91 Å². The molecule has 0 saturated carbocycles. The monoisotopic (exact) mass is 494 g/mol. The number of amides is 1. The van der Waals surface area contributed by atoms with E-state index >= 15 is 0 Å². The summed E-state index contributed by atoms with van der Waals surface area (Å²) in [4.78, 5) is 17.8. The van der Waals surface area contributed by atoms with Gasteiger partial charge >= 0.3 is 0 Å². The molecule has 0 radical (unpaired) electrons. The van der Waals surface area contributed by atoms with E-state index in [0.29, 0.717) is 18.3 Å². The summed E-state index contributed by atoms with van der Waals surface area (Å²) in [6.45, 7) is 0.403. The molecule has 0 saturated heterocycles. The summed E-state index contributed by atoms with van der Waals surface area (Å²) in [7, 11) is 3.61. The molecule has 32 heavy (non-hydrogen) atoms. The van der Waals surface area contributed by atoms with Crippen LogP contribution < -0.4 is 11.1 Å². The van der Waals surface area contributed by atoms with Gasteiger partial charge in [-0.1, -0.05) is 36.4 Å². The van der Waals surface area contributed by atoms with Crippen molar-refractivity contribution in [1.82, 2.24) is 19.7 Å². The van der Waals surface area contributed by atoms with Crippen LogP contribution in [0.15, 0.2) is 69.8 Å². The van der Waals surface area contributed by atoms with E-state index in [2.05, 4.69) is 31.3 Å². The average Bonchev–Trinajstić information content (AvgIpc) is 3.39. The maximum absolute atomic E-state index is 11.9. The van der Waals surface area contributed by atoms with Gasteiger partial charge in [-0.15, -0.1) is 0 Å². The van der Waals surface area contributed by atoms with Crippen LogP contribution >= 0.6 is 15.9 Å². The fourth-order valence-corrected chi connectivity index (χ4v) is 3.98. The van der Waals surface area contributed by atoms with E-state index in [9.17, 15) is 4.79 Å². The van der Waals surface area contributed by atoms with Gasteiger partial charge in [-0.05, 0) is 33.6 Å². The molecule has 1 amide bonds. The molecule has 0 atom stereocenters. The predicted molar refractivity (Wildman–Crippen MR) is 127 cm³/mol. The van der Waals surface area contributed by atoms with E-state index in [1.54, 1.807) is 22.8 Å². The van der Waals surface area contributed by atoms with Gasteiger partial charge in [-0.25, -0.2) is 4.98 Å². The Labute approximate surface area is 194 Å². The first kappa shape index (κ1) is 21.8. The molecule has 0 aliphatic rings. The normalized spacial score (nSPS) is 10.9. The minimum absolute atomic E-state index is 0.0246. The fraction of sp³-hybridized carbons (Fsp3) is 0.174. The lowest BCUT2D eigenvalue weighted by molar-refractivity contribution is -0.128. The predicted octanol–water partition coefficient (Wildman–Crippen LogP) is 4.17. The summed E-state index contributed by atoms with van der Waals surface area (Å²) >= 11 is 3.55. The highest BCUT2D eigenvalue weighted by molar-refractivity contribution is 9.10. The van der Waals surface area contributed by atoms with Crippen molar-refractivity contribution in [2.75, 3.05) is 18.9 Å². The first-order chi connectivity index (χ1) is 15.4. The van der Waals surface area contributed by atoms with E-state index in [1.165, 1.54) is 0 Å². The summed E-state index contributed by atoms with van der Waals surface area (Å²) in [6.07, 6.45) is 3.58. The summed E-state index contributed by atoms with van der Waals surface area (Å²) in [6, 6.07) is 16.0. The third kappa shape index (κ3) is 4.74. The maximum atomic E-state index is 11.9. The van der Waals surface area contributed by atoms with Crippen LogP contribution in [0.5, 0.6) is 0 Å². The number of carbonyl (C=O) groups excluding carboxylic acids is 1. The number of hydrogen-bond donors (Lipinski definition) is 2. The lowest BCUT2D eigenvalue weighted by Gasteiger charge is -2.17. The Morgan fingerprint density at radius 3 is 2.81 bits per heavy atom. The van der Waals surface area contributed by atoms with Crippen molar-refractivity contribution in [1.29, 1.82) is 0 Å². The molecule has 0 bridgehead atoms. The molecule has 0 spiro atoms. The van der Waals surface area contributed by atoms with Gasteiger partial charge in [0.25, 0.3) is 6.01 Å². The minimum atomic E-state index is -0.126. The molecule has 0 aliphatic heterocycles. The molecule has 4 rings (SSSR count). The number of carbonyl (C=O) groups is 1. The number of hydrogen-bond acceptors (Lipinski definition) is 6. The van der Waals surface area contributed by atoms with Crippen molar-refractivity contribution >= 4 is 33.5 Å². The van der Waals surface area contributed by atoms with Gasteiger partial charge in [-0.2, -0.15) is 5.10 Å². The van der Waals surface area contributed by atoms with Gasteiger partial charge in [0.1, 0.15) is 5.69 Å². The molecule has 4 aromatic rings. The number of nitrogens with zero attached hydrogens (tertiary/aromatic N) is 4. The molecular formula is C23H23BrN6O2. The highest BCUT2D eigenvalue weighted by Crippen LogP contribution is 2.31. The summed E-state index contributed by atoms with van der Waals surface area (Å²) < 4.78 is 8.66. The van der Waals surface area contributed by atoms with Crippen molar-refractivity contribution in [3.63, 3.8) is 0 Å². The molecule has 8 nitrogen and oxygen atoms in total. The summed E-state index contributed by atoms with van der Waals surface area (Å²) in [5.74, 6) is 0.486. The Bertz CT molecular complexity index is 1250. The third-order valence-corrected chi connectivity index (χ3v) is 5.55. The number of oxazole rings is 1. The molecule has 2 aromatic heterocycles. The number of nitrogens with two attached hydrogens (primary N) is 1. The Morgan fingerprint density at radius 2 is 2.06 bits per heavy atom. The van der Waals surface area contributed by atoms with Crippen molar-refractivity contribution in [3.05, 3.63) is 71.0 Å². The lowest BCUT2D eigenvalue weighted by atomic mass is 10.1. The number of anilines is 2. The zero-order valence-corrected chi connectivity index (χ0v) is 19.3. The molecular weight excluding hydrogens is 472 g/mol. The van der Waals surface area contributed by atoms with Crippen LogP contribution in [0, 0.1) is 0 Å². The van der Waals surface area contributed by atoms with Crippen molar-refractivity contribution in [2.45, 2.75) is 6.54 Å². The van der Waals surface area contributed by atoms with E-state index in [-0.39, 0.29) is 12.5 Å². The van der Waals surface area contributed by atoms with E-state index in [4.69, 9.17) is 10.2 Å². The van der Waals surface area contributed by atoms with E-state index in [0.717, 1.165) is 32.5 Å². The second kappa shape index (κ2) is 9.37. The number of aryl methyl sites for hydroxylation is 1. The third-order valence-electron chi connectivity index (χ3n) is 4.97. The quantitative estimate of drug-likeness (QED) is 0.399. The molecule has 0 aliphatic carbocycles. The van der Waals surface area contributed by atoms with Gasteiger partial charge < -0.3 is 20.4 Å². The van der Waals surface area contributed by atoms with Crippen LogP contribution in [0.4, 0.5) is 11.7 Å². The number of rotatable bonds is 7. The second-order valence-corrected chi connectivity index (χ2v) is 8.20. The lowest BCUT2D eigenvalue weighted by Crippen LogP contribution is -2.32. The Kier molecular flexibility index (Phi) is 6.38. The first-order valence-electron chi connectivity index (χ1n) is 9.99. The number of nitrogens with one attached hydrogen (secondary N) is 1. The highest BCUT2D eigenvalue weighted by atomic mass is 79.9. The number of benzene rings is 2. The maximum Gasteiger partial charge on any atom is 0.299 e. The molecule has 2 aromatic carbocycles. The SMILES string of the molecule is CN(Cc1ccccc1-c1cnc(Nc2cccc(-c3nn(C)cc3Br)c2)o1)C(=O)CN. The van der Waals surface area contributed by atoms with Gasteiger partial charge in [0.05, 0.1) is 17.2 Å². The van der Waals surface area contributed by atoms with Crippen LogP contribution in [0.1, 0.15) is 5.56 Å². The zero-order chi connectivity index (χ0) is 22.7. The van der Waals surface area contributed by atoms with Crippen molar-refractivity contribution < 1.29 is 9.21 Å². The summed E-state index contributed by atoms with van der Waals surface area (Å²) in [5, 5.41) is 7.70. The molecule has 3 N–H and O–H groups in total. The second-order valence-electron chi connectivity index (χ2n) is 7.35. The summed E-state index contributed by atoms with van der Waals surface area (Å²) in [5.41, 5.74) is 9.94. The minimum Gasteiger partial charge on any atom is -0.423 e. The smallest absolute Gasteiger partial charge is 0.299 e. The van der Waals surface area contributed by atoms with Crippen molar-refractivity contribution in [3.8, 4) is 22.6 Å². The Morgan fingerprint density at radius 1 is 1.25 bits per heavy atom. The first-order valence-corrected chi connectivity index (χ1v) is 10.8. The average molecular weight is 495 g/mol. The molecule has 164 valence electrons. The molecule has 9 heteroatoms. The Balaban J connectivity index is 1.55. The van der Waals surface area contributed by atoms with Crippen LogP contribution in [0.25, 0.3) is 22.6 Å². The number of likely N-dealkylation sites (N-methyl/N-ethyl adjacent to an activating group) is 1. The van der Waals surface area contributed by atoms with Crippen LogP contribution in [-0.2, 0) is 18.4 Å². The highest BCUT2D eigenvalue weighted by Gasteiger charge is 2.15. The zero-order valence-electron chi connectivity index (χ0n) is 17.7. The number of aromatic nitrogens is 3. The van der Waals surface area contributed by atoms with Crippen LogP contribution in [-0.4, -0.2) is 39.2 Å². The number of halogens is 1. The molecule has 0 unspecified atom stereocenters.